The third kappa shape index (κ3) is 13.1. The summed E-state index contributed by atoms with van der Waals surface area (Å²) < 4.78 is 0. The van der Waals surface area contributed by atoms with E-state index in [2.05, 4.69) is 16.0 Å². The van der Waals surface area contributed by atoms with E-state index >= 15 is 0 Å². The smallest absolute Gasteiger partial charge is 0.220 e. The van der Waals surface area contributed by atoms with Crippen molar-refractivity contribution >= 4 is 24.2 Å². The van der Waals surface area contributed by atoms with Crippen LogP contribution in [0, 0.1) is 0 Å². The molecule has 0 aliphatic carbocycles. The fourth-order valence-corrected chi connectivity index (χ4v) is 1.25. The van der Waals surface area contributed by atoms with E-state index in [1.807, 2.05) is 13.8 Å². The Kier molecular flexibility index (Phi) is 14.5. The summed E-state index contributed by atoms with van der Waals surface area (Å²) >= 11 is 0. The molecule has 2 amide bonds. The van der Waals surface area contributed by atoms with E-state index in [0.29, 0.717) is 32.4 Å². The molecule has 0 rings (SSSR count). The van der Waals surface area contributed by atoms with Gasteiger partial charge >= 0.3 is 0 Å². The number of carbonyl (C=O) groups is 2. The van der Waals surface area contributed by atoms with E-state index in [1.54, 1.807) is 0 Å². The summed E-state index contributed by atoms with van der Waals surface area (Å²) in [7, 11) is 0. The Labute approximate surface area is 110 Å². The van der Waals surface area contributed by atoms with E-state index in [9.17, 15) is 9.59 Å². The minimum absolute atomic E-state index is 0. The van der Waals surface area contributed by atoms with Crippen LogP contribution in [0.1, 0.15) is 33.1 Å². The Morgan fingerprint density at radius 3 is 2.00 bits per heavy atom. The Bertz CT molecular complexity index is 213. The zero-order chi connectivity index (χ0) is 12.2. The first-order chi connectivity index (χ1) is 7.70. The van der Waals surface area contributed by atoms with Crippen LogP contribution in [0.4, 0.5) is 0 Å². The normalized spacial score (nSPS) is 9.29. The van der Waals surface area contributed by atoms with Gasteiger partial charge in [-0.15, -0.1) is 12.4 Å². The van der Waals surface area contributed by atoms with Crippen molar-refractivity contribution in [2.24, 2.45) is 0 Å². The lowest BCUT2D eigenvalue weighted by Crippen LogP contribution is -2.31. The van der Waals surface area contributed by atoms with Crippen LogP contribution in [0.5, 0.6) is 0 Å². The van der Waals surface area contributed by atoms with Gasteiger partial charge in [-0.05, 0) is 19.9 Å². The second-order valence-corrected chi connectivity index (χ2v) is 3.51. The monoisotopic (exact) mass is 265 g/mol. The molecule has 0 atom stereocenters. The number of amides is 2. The molecular formula is C11H24ClN3O2. The maximum Gasteiger partial charge on any atom is 0.220 e. The zero-order valence-electron chi connectivity index (χ0n) is 10.7. The summed E-state index contributed by atoms with van der Waals surface area (Å²) in [5.74, 6) is 0.0325. The summed E-state index contributed by atoms with van der Waals surface area (Å²) in [6.07, 6.45) is 1.45. The number of nitrogens with one attached hydrogen (secondary N) is 3. The average molecular weight is 266 g/mol. The molecule has 0 radical (unpaired) electrons. The number of hydrogen-bond acceptors (Lipinski definition) is 3. The van der Waals surface area contributed by atoms with Crippen LogP contribution in [0.15, 0.2) is 0 Å². The largest absolute Gasteiger partial charge is 0.356 e. The molecule has 102 valence electrons. The third-order valence-electron chi connectivity index (χ3n) is 2.06. The van der Waals surface area contributed by atoms with E-state index in [-0.39, 0.29) is 24.2 Å². The summed E-state index contributed by atoms with van der Waals surface area (Å²) in [6, 6.07) is 0. The second kappa shape index (κ2) is 13.3. The quantitative estimate of drug-likeness (QED) is 0.530. The van der Waals surface area contributed by atoms with E-state index in [0.717, 1.165) is 13.1 Å². The number of rotatable bonds is 9. The molecule has 0 aromatic carbocycles. The van der Waals surface area contributed by atoms with Crippen LogP contribution in [0.25, 0.3) is 0 Å². The predicted molar refractivity (Wildman–Crippen MR) is 71.3 cm³/mol. The van der Waals surface area contributed by atoms with Crippen molar-refractivity contribution in [3.8, 4) is 0 Å². The lowest BCUT2D eigenvalue weighted by molar-refractivity contribution is -0.122. The highest BCUT2D eigenvalue weighted by Gasteiger charge is 2.03. The Balaban J connectivity index is 0. The van der Waals surface area contributed by atoms with Crippen LogP contribution >= 0.6 is 12.4 Å². The maximum atomic E-state index is 11.3. The van der Waals surface area contributed by atoms with Crippen molar-refractivity contribution in [2.45, 2.75) is 33.1 Å². The highest BCUT2D eigenvalue weighted by Crippen LogP contribution is 1.94. The topological polar surface area (TPSA) is 70.2 Å². The number of carbonyl (C=O) groups excluding carboxylic acids is 2. The molecule has 0 fully saturated rings. The van der Waals surface area contributed by atoms with E-state index in [1.165, 1.54) is 0 Å². The van der Waals surface area contributed by atoms with Gasteiger partial charge in [0.25, 0.3) is 0 Å². The average Bonchev–Trinajstić information content (AvgIpc) is 2.25. The Morgan fingerprint density at radius 2 is 1.47 bits per heavy atom. The Morgan fingerprint density at radius 1 is 0.882 bits per heavy atom. The van der Waals surface area contributed by atoms with Gasteiger partial charge in [0.1, 0.15) is 0 Å². The van der Waals surface area contributed by atoms with Gasteiger partial charge in [0, 0.05) is 32.5 Å². The third-order valence-corrected chi connectivity index (χ3v) is 2.06. The van der Waals surface area contributed by atoms with Gasteiger partial charge in [0.15, 0.2) is 0 Å². The molecule has 17 heavy (non-hydrogen) atoms. The second-order valence-electron chi connectivity index (χ2n) is 3.51. The highest BCUT2D eigenvalue weighted by molar-refractivity contribution is 5.85. The predicted octanol–water partition coefficient (Wildman–Crippen LogP) is 0.440. The molecule has 0 aromatic rings. The van der Waals surface area contributed by atoms with Gasteiger partial charge < -0.3 is 16.0 Å². The van der Waals surface area contributed by atoms with Crippen LogP contribution < -0.4 is 16.0 Å². The van der Waals surface area contributed by atoms with Gasteiger partial charge in [-0.2, -0.15) is 0 Å². The van der Waals surface area contributed by atoms with Gasteiger partial charge in [0.05, 0.1) is 0 Å². The summed E-state index contributed by atoms with van der Waals surface area (Å²) in [4.78, 5) is 22.3. The standard InChI is InChI=1S/C11H23N3O2.ClH/c1-3-12-8-9-14-11(16)7-5-6-10(15)13-4-2;/h12H,3-9H2,1-2H3,(H,13,15)(H,14,16);1H. The van der Waals surface area contributed by atoms with Crippen LogP contribution in [0.3, 0.4) is 0 Å². The summed E-state index contributed by atoms with van der Waals surface area (Å²) in [5, 5.41) is 8.60. The molecule has 6 heteroatoms. The SMILES string of the molecule is CCNCCNC(=O)CCCC(=O)NCC.Cl. The van der Waals surface area contributed by atoms with Crippen molar-refractivity contribution in [3.05, 3.63) is 0 Å². The van der Waals surface area contributed by atoms with Crippen LogP contribution in [0.2, 0.25) is 0 Å². The fourth-order valence-electron chi connectivity index (χ4n) is 1.25. The summed E-state index contributed by atoms with van der Waals surface area (Å²) in [6.45, 7) is 6.90. The van der Waals surface area contributed by atoms with Gasteiger partial charge in [-0.1, -0.05) is 6.92 Å². The highest BCUT2D eigenvalue weighted by atomic mass is 35.5. The fraction of sp³-hybridized carbons (Fsp3) is 0.818. The van der Waals surface area contributed by atoms with Crippen molar-refractivity contribution in [2.75, 3.05) is 26.2 Å². The first-order valence-corrected chi connectivity index (χ1v) is 5.94. The first-order valence-electron chi connectivity index (χ1n) is 5.94. The summed E-state index contributed by atoms with van der Waals surface area (Å²) in [5.41, 5.74) is 0. The minimum atomic E-state index is 0. The molecule has 0 saturated heterocycles. The number of halogens is 1. The molecule has 0 aromatic heterocycles. The maximum absolute atomic E-state index is 11.3. The molecule has 0 aliphatic heterocycles. The molecular weight excluding hydrogens is 242 g/mol. The van der Waals surface area contributed by atoms with Crippen LogP contribution in [-0.4, -0.2) is 38.0 Å². The molecule has 0 heterocycles. The van der Waals surface area contributed by atoms with Crippen LogP contribution in [-0.2, 0) is 9.59 Å². The first kappa shape index (κ1) is 18.6. The van der Waals surface area contributed by atoms with Crippen molar-refractivity contribution in [3.63, 3.8) is 0 Å². The van der Waals surface area contributed by atoms with Gasteiger partial charge in [-0.25, -0.2) is 0 Å². The number of likely N-dealkylation sites (N-methyl/N-ethyl adjacent to an activating group) is 1. The molecule has 0 unspecified atom stereocenters. The molecule has 5 nitrogen and oxygen atoms in total. The van der Waals surface area contributed by atoms with Gasteiger partial charge in [-0.3, -0.25) is 9.59 Å². The molecule has 0 spiro atoms. The minimum Gasteiger partial charge on any atom is -0.356 e. The number of hydrogen-bond donors (Lipinski definition) is 3. The zero-order valence-corrected chi connectivity index (χ0v) is 11.5. The van der Waals surface area contributed by atoms with E-state index in [4.69, 9.17) is 0 Å². The van der Waals surface area contributed by atoms with Crippen molar-refractivity contribution < 1.29 is 9.59 Å². The molecule has 0 aliphatic rings. The molecule has 3 N–H and O–H groups in total. The molecule has 0 bridgehead atoms. The van der Waals surface area contributed by atoms with Gasteiger partial charge in [0.2, 0.25) is 11.8 Å². The van der Waals surface area contributed by atoms with Crippen molar-refractivity contribution in [1.82, 2.24) is 16.0 Å². The lowest BCUT2D eigenvalue weighted by Gasteiger charge is -2.05. The molecule has 0 saturated carbocycles. The van der Waals surface area contributed by atoms with E-state index < -0.39 is 0 Å². The Hall–Kier alpha value is -0.810. The lowest BCUT2D eigenvalue weighted by atomic mass is 10.2. The van der Waals surface area contributed by atoms with Crippen molar-refractivity contribution in [1.29, 1.82) is 0 Å².